The summed E-state index contributed by atoms with van der Waals surface area (Å²) in [6, 6.07) is 1.96. The number of carbonyl (C=O) groups is 2. The lowest BCUT2D eigenvalue weighted by Crippen LogP contribution is -2.40. The van der Waals surface area contributed by atoms with Gasteiger partial charge in [-0.2, -0.15) is 0 Å². The Kier molecular flexibility index (Phi) is 5.32. The van der Waals surface area contributed by atoms with E-state index < -0.39 is 39.5 Å². The topological polar surface area (TPSA) is 116 Å². The number of carbonyl (C=O) groups excluding carboxylic acids is 1. The maximum atomic E-state index is 11.8. The molecule has 1 N–H and O–H groups in total. The number of halogens is 1. The molecule has 0 unspecified atom stereocenters. The van der Waals surface area contributed by atoms with E-state index in [0.29, 0.717) is 0 Å². The van der Waals surface area contributed by atoms with Gasteiger partial charge in [-0.15, -0.1) is 0 Å². The average Bonchev–Trinajstić information content (AvgIpc) is 2.39. The summed E-state index contributed by atoms with van der Waals surface area (Å²) in [5.41, 5.74) is -2.78. The summed E-state index contributed by atoms with van der Waals surface area (Å²) in [6.07, 6.45) is 0. The first-order valence-corrected chi connectivity index (χ1v) is 6.55. The van der Waals surface area contributed by atoms with E-state index in [1.165, 1.54) is 13.8 Å². The highest BCUT2D eigenvalue weighted by Crippen LogP contribution is 2.37. The zero-order valence-electron chi connectivity index (χ0n) is 12.1. The lowest BCUT2D eigenvalue weighted by Gasteiger charge is -2.24. The number of nitro benzene ring substituents is 1. The van der Waals surface area contributed by atoms with Crippen LogP contribution in [-0.2, 0) is 9.53 Å². The van der Waals surface area contributed by atoms with Crippen LogP contribution in [0, 0.1) is 10.1 Å². The van der Waals surface area contributed by atoms with Crippen molar-refractivity contribution in [3.05, 3.63) is 32.8 Å². The molecule has 1 aromatic carbocycles. The van der Waals surface area contributed by atoms with Gasteiger partial charge in [0.1, 0.15) is 5.56 Å². The quantitative estimate of drug-likeness (QED) is 0.484. The van der Waals surface area contributed by atoms with Gasteiger partial charge in [-0.25, -0.2) is 9.59 Å². The number of hydrogen-bond donors (Lipinski definition) is 1. The normalized spacial score (nSPS) is 10.9. The number of carboxylic acid groups (broad SMARTS) is 1. The van der Waals surface area contributed by atoms with Gasteiger partial charge in [0, 0.05) is 11.1 Å². The van der Waals surface area contributed by atoms with Crippen LogP contribution in [0.4, 0.5) is 5.69 Å². The molecule has 0 saturated carbocycles. The van der Waals surface area contributed by atoms with Gasteiger partial charge in [0.15, 0.2) is 0 Å². The predicted molar refractivity (Wildman–Crippen MR) is 76.4 cm³/mol. The summed E-state index contributed by atoms with van der Waals surface area (Å²) in [6.45, 7) is 4.30. The van der Waals surface area contributed by atoms with Crippen LogP contribution >= 0.6 is 11.6 Å². The molecule has 1 rings (SSSR count). The lowest BCUT2D eigenvalue weighted by atomic mass is 10.1. The Hall–Kier alpha value is -2.35. The van der Waals surface area contributed by atoms with E-state index in [9.17, 15) is 19.7 Å². The molecular weight excluding hydrogens is 318 g/mol. The number of carboxylic acids is 1. The minimum atomic E-state index is -1.61. The Labute approximate surface area is 130 Å². The van der Waals surface area contributed by atoms with Crippen LogP contribution in [0.1, 0.15) is 31.1 Å². The second kappa shape index (κ2) is 6.61. The summed E-state index contributed by atoms with van der Waals surface area (Å²) in [4.78, 5) is 33.3. The number of hydrogen-bond acceptors (Lipinski definition) is 6. The van der Waals surface area contributed by atoms with Gasteiger partial charge in [-0.3, -0.25) is 10.1 Å². The van der Waals surface area contributed by atoms with Crippen LogP contribution in [0.5, 0.6) is 5.75 Å². The third kappa shape index (κ3) is 3.85. The third-order valence-electron chi connectivity index (χ3n) is 2.59. The number of rotatable bonds is 6. The highest BCUT2D eigenvalue weighted by Gasteiger charge is 2.36. The van der Waals surface area contributed by atoms with Crippen LogP contribution in [-0.4, -0.2) is 34.2 Å². The number of ether oxygens (including phenoxy) is 2. The zero-order valence-corrected chi connectivity index (χ0v) is 12.8. The minimum Gasteiger partial charge on any atom is -0.478 e. The Bertz CT molecular complexity index is 592. The second-order valence-corrected chi connectivity index (χ2v) is 5.13. The van der Waals surface area contributed by atoms with Gasteiger partial charge in [-0.1, -0.05) is 11.6 Å². The Morgan fingerprint density at radius 2 is 2.00 bits per heavy atom. The van der Waals surface area contributed by atoms with E-state index in [2.05, 4.69) is 0 Å². The molecule has 8 nitrogen and oxygen atoms in total. The predicted octanol–water partition coefficient (Wildman–Crippen LogP) is 2.67. The van der Waals surface area contributed by atoms with Crippen molar-refractivity contribution < 1.29 is 29.1 Å². The molecule has 0 radical (unpaired) electrons. The lowest BCUT2D eigenvalue weighted by molar-refractivity contribution is -0.386. The number of nitrogens with zero attached hydrogens (tertiary/aromatic N) is 1. The fourth-order valence-corrected chi connectivity index (χ4v) is 1.80. The van der Waals surface area contributed by atoms with Crippen LogP contribution in [0.3, 0.4) is 0 Å². The van der Waals surface area contributed by atoms with Crippen molar-refractivity contribution in [2.45, 2.75) is 26.4 Å². The van der Waals surface area contributed by atoms with E-state index in [1.807, 2.05) is 0 Å². The second-order valence-electron chi connectivity index (χ2n) is 4.70. The number of benzene rings is 1. The molecule has 0 amide bonds. The molecule has 0 aromatic heterocycles. The third-order valence-corrected chi connectivity index (χ3v) is 2.80. The van der Waals surface area contributed by atoms with Crippen LogP contribution in [0.25, 0.3) is 0 Å². The number of aromatic carboxylic acids is 1. The van der Waals surface area contributed by atoms with Gasteiger partial charge in [0.2, 0.25) is 11.4 Å². The Balaban J connectivity index is 3.41. The first kappa shape index (κ1) is 17.7. The molecule has 0 spiro atoms. The maximum absolute atomic E-state index is 11.8. The average molecular weight is 332 g/mol. The molecule has 120 valence electrons. The van der Waals surface area contributed by atoms with Gasteiger partial charge < -0.3 is 14.6 Å². The Morgan fingerprint density at radius 3 is 2.45 bits per heavy atom. The molecule has 0 saturated heterocycles. The van der Waals surface area contributed by atoms with Crippen molar-refractivity contribution in [3.63, 3.8) is 0 Å². The van der Waals surface area contributed by atoms with Crippen molar-refractivity contribution in [3.8, 4) is 5.75 Å². The van der Waals surface area contributed by atoms with E-state index in [4.69, 9.17) is 26.2 Å². The first-order chi connectivity index (χ1) is 10.1. The van der Waals surface area contributed by atoms with E-state index in [-0.39, 0.29) is 11.6 Å². The van der Waals surface area contributed by atoms with Crippen LogP contribution in [0.2, 0.25) is 5.02 Å². The standard InChI is InChI=1S/C13H14ClNO7/c1-4-21-12(18)13(2,3)22-10-8(11(16)17)5-7(14)6-9(10)15(19)20/h5-6H,4H2,1-3H3,(H,16,17). The summed E-state index contributed by atoms with van der Waals surface area (Å²) in [7, 11) is 0. The van der Waals surface area contributed by atoms with Crippen LogP contribution < -0.4 is 4.74 Å². The molecule has 0 aliphatic carbocycles. The highest BCUT2D eigenvalue weighted by atomic mass is 35.5. The van der Waals surface area contributed by atoms with Crippen molar-refractivity contribution in [2.75, 3.05) is 6.61 Å². The maximum Gasteiger partial charge on any atom is 0.349 e. The summed E-state index contributed by atoms with van der Waals surface area (Å²) in [5.74, 6) is -2.81. The van der Waals surface area contributed by atoms with Crippen molar-refractivity contribution >= 4 is 29.2 Å². The first-order valence-electron chi connectivity index (χ1n) is 6.17. The molecular formula is C13H14ClNO7. The van der Waals surface area contributed by atoms with Crippen molar-refractivity contribution in [2.24, 2.45) is 0 Å². The molecule has 22 heavy (non-hydrogen) atoms. The molecule has 0 aliphatic heterocycles. The smallest absolute Gasteiger partial charge is 0.349 e. The summed E-state index contributed by atoms with van der Waals surface area (Å²) >= 11 is 5.68. The largest absolute Gasteiger partial charge is 0.478 e. The zero-order chi connectivity index (χ0) is 17.1. The number of nitro groups is 1. The van der Waals surface area contributed by atoms with E-state index in [0.717, 1.165) is 12.1 Å². The van der Waals surface area contributed by atoms with Gasteiger partial charge in [0.25, 0.3) is 0 Å². The molecule has 0 atom stereocenters. The van der Waals surface area contributed by atoms with Crippen molar-refractivity contribution in [1.29, 1.82) is 0 Å². The van der Waals surface area contributed by atoms with Gasteiger partial charge >= 0.3 is 17.6 Å². The monoisotopic (exact) mass is 331 g/mol. The molecule has 1 aromatic rings. The molecule has 0 heterocycles. The Morgan fingerprint density at radius 1 is 1.41 bits per heavy atom. The minimum absolute atomic E-state index is 0.0835. The molecule has 9 heteroatoms. The highest BCUT2D eigenvalue weighted by molar-refractivity contribution is 6.31. The van der Waals surface area contributed by atoms with Gasteiger partial charge in [-0.05, 0) is 26.8 Å². The summed E-state index contributed by atoms with van der Waals surface area (Å²) < 4.78 is 10.1. The summed E-state index contributed by atoms with van der Waals surface area (Å²) in [5, 5.41) is 20.1. The number of esters is 1. The van der Waals surface area contributed by atoms with E-state index >= 15 is 0 Å². The molecule has 0 aliphatic rings. The SMILES string of the molecule is CCOC(=O)C(C)(C)Oc1c(C(=O)O)cc(Cl)cc1[N+](=O)[O-]. The molecule has 0 fully saturated rings. The fourth-order valence-electron chi connectivity index (χ4n) is 1.58. The van der Waals surface area contributed by atoms with Gasteiger partial charge in [0.05, 0.1) is 11.5 Å². The fraction of sp³-hybridized carbons (Fsp3) is 0.385. The van der Waals surface area contributed by atoms with Crippen molar-refractivity contribution in [1.82, 2.24) is 0 Å². The van der Waals surface area contributed by atoms with E-state index in [1.54, 1.807) is 6.92 Å². The van der Waals surface area contributed by atoms with Crippen LogP contribution in [0.15, 0.2) is 12.1 Å². The molecule has 0 bridgehead atoms.